The number of halogens is 1. The van der Waals surface area contributed by atoms with E-state index in [-0.39, 0.29) is 0 Å². The summed E-state index contributed by atoms with van der Waals surface area (Å²) in [6, 6.07) is 12.5. The Labute approximate surface area is 128 Å². The van der Waals surface area contributed by atoms with Crippen molar-refractivity contribution in [1.29, 1.82) is 0 Å². The van der Waals surface area contributed by atoms with Gasteiger partial charge in [0.2, 0.25) is 0 Å². The summed E-state index contributed by atoms with van der Waals surface area (Å²) in [7, 11) is 1.60. The highest BCUT2D eigenvalue weighted by molar-refractivity contribution is 6.30. The topological polar surface area (TPSA) is 35.5 Å². The summed E-state index contributed by atoms with van der Waals surface area (Å²) in [5.74, 6) is 0.794. The van der Waals surface area contributed by atoms with Gasteiger partial charge in [0.1, 0.15) is 11.5 Å². The summed E-state index contributed by atoms with van der Waals surface area (Å²) >= 11 is 5.86. The van der Waals surface area contributed by atoms with Crippen LogP contribution in [0.2, 0.25) is 5.02 Å². The van der Waals surface area contributed by atoms with E-state index in [9.17, 15) is 4.79 Å². The van der Waals surface area contributed by atoms with E-state index in [1.165, 1.54) is 6.08 Å². The molecule has 0 heterocycles. The van der Waals surface area contributed by atoms with Crippen LogP contribution in [0, 0.1) is 6.92 Å². The Balaban J connectivity index is 2.05. The second-order valence-corrected chi connectivity index (χ2v) is 4.88. The highest BCUT2D eigenvalue weighted by atomic mass is 35.5. The van der Waals surface area contributed by atoms with Crippen LogP contribution >= 0.6 is 11.6 Å². The summed E-state index contributed by atoms with van der Waals surface area (Å²) in [5.41, 5.74) is 1.67. The van der Waals surface area contributed by atoms with Crippen LogP contribution in [0.3, 0.4) is 0 Å². The maximum Gasteiger partial charge on any atom is 0.336 e. The predicted molar refractivity (Wildman–Crippen MR) is 83.9 cm³/mol. The van der Waals surface area contributed by atoms with Gasteiger partial charge in [0.05, 0.1) is 7.11 Å². The number of carbonyl (C=O) groups excluding carboxylic acids is 1. The molecule has 2 rings (SSSR count). The van der Waals surface area contributed by atoms with Gasteiger partial charge in [-0.1, -0.05) is 23.7 Å². The number of hydrogen-bond acceptors (Lipinski definition) is 3. The number of rotatable bonds is 4. The number of ether oxygens (including phenoxy) is 2. The summed E-state index contributed by atoms with van der Waals surface area (Å²) in [6.45, 7) is 1.83. The summed E-state index contributed by atoms with van der Waals surface area (Å²) in [5, 5.41) is 0.610. The number of benzene rings is 2. The quantitative estimate of drug-likeness (QED) is 0.480. The SMILES string of the molecule is COc1cccc(/C=C/C(=O)Oc2ccc(Cl)cc2C)c1. The molecule has 21 heavy (non-hydrogen) atoms. The minimum absolute atomic E-state index is 0.441. The fourth-order valence-corrected chi connectivity index (χ4v) is 2.01. The van der Waals surface area contributed by atoms with Gasteiger partial charge in [-0.2, -0.15) is 0 Å². The third kappa shape index (κ3) is 4.36. The van der Waals surface area contributed by atoms with Crippen molar-refractivity contribution in [2.45, 2.75) is 6.92 Å². The lowest BCUT2D eigenvalue weighted by Crippen LogP contribution is -2.04. The molecule has 0 aliphatic carbocycles. The zero-order valence-electron chi connectivity index (χ0n) is 11.8. The highest BCUT2D eigenvalue weighted by Crippen LogP contribution is 2.22. The Bertz CT molecular complexity index is 677. The Morgan fingerprint density at radius 2 is 2.00 bits per heavy atom. The second-order valence-electron chi connectivity index (χ2n) is 4.44. The van der Waals surface area contributed by atoms with E-state index in [1.54, 1.807) is 31.4 Å². The lowest BCUT2D eigenvalue weighted by molar-refractivity contribution is -0.128. The molecule has 0 N–H and O–H groups in total. The fourth-order valence-electron chi connectivity index (χ4n) is 1.78. The predicted octanol–water partition coefficient (Wildman–Crippen LogP) is 4.28. The van der Waals surface area contributed by atoms with Crippen molar-refractivity contribution in [3.05, 3.63) is 64.7 Å². The molecular weight excluding hydrogens is 288 g/mol. The van der Waals surface area contributed by atoms with E-state index in [1.807, 2.05) is 31.2 Å². The van der Waals surface area contributed by atoms with E-state index in [2.05, 4.69) is 0 Å². The molecule has 0 aliphatic rings. The largest absolute Gasteiger partial charge is 0.497 e. The first kappa shape index (κ1) is 15.1. The maximum absolute atomic E-state index is 11.8. The fraction of sp³-hybridized carbons (Fsp3) is 0.118. The molecule has 108 valence electrons. The minimum Gasteiger partial charge on any atom is -0.497 e. The highest BCUT2D eigenvalue weighted by Gasteiger charge is 2.04. The van der Waals surface area contributed by atoms with Gasteiger partial charge in [-0.05, 0) is 54.5 Å². The van der Waals surface area contributed by atoms with Crippen molar-refractivity contribution in [3.8, 4) is 11.5 Å². The average molecular weight is 303 g/mol. The molecule has 0 saturated carbocycles. The van der Waals surface area contributed by atoms with Crippen LogP contribution < -0.4 is 9.47 Å². The summed E-state index contributed by atoms with van der Waals surface area (Å²) < 4.78 is 10.4. The van der Waals surface area contributed by atoms with Crippen LogP contribution in [0.25, 0.3) is 6.08 Å². The van der Waals surface area contributed by atoms with Crippen LogP contribution in [0.4, 0.5) is 0 Å². The van der Waals surface area contributed by atoms with Crippen LogP contribution in [0.15, 0.2) is 48.5 Å². The molecule has 2 aromatic carbocycles. The third-order valence-corrected chi connectivity index (χ3v) is 3.09. The van der Waals surface area contributed by atoms with E-state index < -0.39 is 5.97 Å². The molecular formula is C17H15ClO3. The summed E-state index contributed by atoms with van der Waals surface area (Å²) in [4.78, 5) is 11.8. The molecule has 2 aromatic rings. The molecule has 0 spiro atoms. The van der Waals surface area contributed by atoms with Gasteiger partial charge >= 0.3 is 5.97 Å². The van der Waals surface area contributed by atoms with Gasteiger partial charge in [-0.3, -0.25) is 0 Å². The van der Waals surface area contributed by atoms with E-state index in [0.717, 1.165) is 16.9 Å². The number of carbonyl (C=O) groups is 1. The van der Waals surface area contributed by atoms with Crippen molar-refractivity contribution in [2.24, 2.45) is 0 Å². The van der Waals surface area contributed by atoms with Crippen molar-refractivity contribution in [2.75, 3.05) is 7.11 Å². The van der Waals surface area contributed by atoms with Gasteiger partial charge < -0.3 is 9.47 Å². The number of aryl methyl sites for hydroxylation is 1. The van der Waals surface area contributed by atoms with Crippen molar-refractivity contribution in [1.82, 2.24) is 0 Å². The third-order valence-electron chi connectivity index (χ3n) is 2.85. The van der Waals surface area contributed by atoms with Gasteiger partial charge in [0.25, 0.3) is 0 Å². The molecule has 0 saturated heterocycles. The van der Waals surface area contributed by atoms with Gasteiger partial charge in [-0.25, -0.2) is 4.79 Å². The molecule has 4 heteroatoms. The zero-order valence-corrected chi connectivity index (χ0v) is 12.6. The Morgan fingerprint density at radius 1 is 1.19 bits per heavy atom. The molecule has 0 aliphatic heterocycles. The van der Waals surface area contributed by atoms with Gasteiger partial charge in [0.15, 0.2) is 0 Å². The number of hydrogen-bond donors (Lipinski definition) is 0. The first-order chi connectivity index (χ1) is 10.1. The average Bonchev–Trinajstić information content (AvgIpc) is 2.48. The molecule has 0 bridgehead atoms. The first-order valence-electron chi connectivity index (χ1n) is 6.38. The Morgan fingerprint density at radius 3 is 2.71 bits per heavy atom. The van der Waals surface area contributed by atoms with Gasteiger partial charge in [-0.15, -0.1) is 0 Å². The lowest BCUT2D eigenvalue weighted by atomic mass is 10.2. The molecule has 0 fully saturated rings. The first-order valence-corrected chi connectivity index (χ1v) is 6.76. The monoisotopic (exact) mass is 302 g/mol. The lowest BCUT2D eigenvalue weighted by Gasteiger charge is -2.05. The van der Waals surface area contributed by atoms with E-state index in [4.69, 9.17) is 21.1 Å². The van der Waals surface area contributed by atoms with Gasteiger partial charge in [0, 0.05) is 11.1 Å². The summed E-state index contributed by atoms with van der Waals surface area (Å²) in [6.07, 6.45) is 3.05. The standard InChI is InChI=1S/C17H15ClO3/c1-12-10-14(18)7-8-16(12)21-17(19)9-6-13-4-3-5-15(11-13)20-2/h3-11H,1-2H3/b9-6+. The van der Waals surface area contributed by atoms with Crippen LogP contribution in [-0.2, 0) is 4.79 Å². The normalized spacial score (nSPS) is 10.6. The molecule has 0 radical (unpaired) electrons. The zero-order chi connectivity index (χ0) is 15.2. The molecule has 0 unspecified atom stereocenters. The van der Waals surface area contributed by atoms with E-state index in [0.29, 0.717) is 10.8 Å². The Kier molecular flexibility index (Phi) is 5.01. The number of esters is 1. The molecule has 0 atom stereocenters. The maximum atomic E-state index is 11.8. The molecule has 3 nitrogen and oxygen atoms in total. The number of methoxy groups -OCH3 is 1. The second kappa shape index (κ2) is 6.95. The van der Waals surface area contributed by atoms with E-state index >= 15 is 0 Å². The van der Waals surface area contributed by atoms with Crippen molar-refractivity contribution >= 4 is 23.6 Å². The minimum atomic E-state index is -0.441. The molecule has 0 amide bonds. The van der Waals surface area contributed by atoms with Crippen LogP contribution in [-0.4, -0.2) is 13.1 Å². The van der Waals surface area contributed by atoms with Crippen LogP contribution in [0.1, 0.15) is 11.1 Å². The Hall–Kier alpha value is -2.26. The van der Waals surface area contributed by atoms with Crippen molar-refractivity contribution in [3.63, 3.8) is 0 Å². The van der Waals surface area contributed by atoms with Crippen LogP contribution in [0.5, 0.6) is 11.5 Å². The molecule has 0 aromatic heterocycles. The smallest absolute Gasteiger partial charge is 0.336 e. The van der Waals surface area contributed by atoms with Crippen molar-refractivity contribution < 1.29 is 14.3 Å².